The minimum absolute atomic E-state index is 0.0351. The maximum atomic E-state index is 11.7. The summed E-state index contributed by atoms with van der Waals surface area (Å²) in [6.07, 6.45) is 1.32. The van der Waals surface area contributed by atoms with Crippen LogP contribution in [0.1, 0.15) is 23.2 Å². The molecule has 2 rings (SSSR count). The Morgan fingerprint density at radius 1 is 1.35 bits per heavy atom. The molecule has 1 aliphatic rings. The molecule has 0 atom stereocenters. The second-order valence-corrected chi connectivity index (χ2v) is 6.76. The molecule has 0 unspecified atom stereocenters. The number of aromatic carboxylic acids is 1. The van der Waals surface area contributed by atoms with Gasteiger partial charge in [-0.15, -0.1) is 0 Å². The van der Waals surface area contributed by atoms with Gasteiger partial charge in [-0.2, -0.15) is 0 Å². The first kappa shape index (κ1) is 12.4. The van der Waals surface area contributed by atoms with Crippen LogP contribution in [0.2, 0.25) is 0 Å². The molecule has 1 saturated carbocycles. The maximum absolute atomic E-state index is 11.7. The van der Waals surface area contributed by atoms with Gasteiger partial charge in [-0.25, -0.2) is 13.2 Å². The fourth-order valence-corrected chi connectivity index (χ4v) is 3.26. The van der Waals surface area contributed by atoms with Crippen molar-refractivity contribution in [2.45, 2.75) is 18.1 Å². The van der Waals surface area contributed by atoms with Crippen molar-refractivity contribution in [1.82, 2.24) is 0 Å². The van der Waals surface area contributed by atoms with Crippen molar-refractivity contribution in [1.29, 1.82) is 0 Å². The number of carboxylic acid groups (broad SMARTS) is 1. The van der Waals surface area contributed by atoms with Crippen LogP contribution in [0.3, 0.4) is 0 Å². The summed E-state index contributed by atoms with van der Waals surface area (Å²) in [5.41, 5.74) is 0.302. The van der Waals surface area contributed by atoms with Crippen molar-refractivity contribution >= 4 is 37.6 Å². The first-order valence-electron chi connectivity index (χ1n) is 4.94. The second-order valence-electron chi connectivity index (χ2n) is 3.88. The molecule has 0 aliphatic heterocycles. The number of halogens is 1. The quantitative estimate of drug-likeness (QED) is 0.889. The van der Waals surface area contributed by atoms with Crippen LogP contribution < -0.4 is 4.72 Å². The highest BCUT2D eigenvalue weighted by Gasteiger charge is 2.35. The Morgan fingerprint density at radius 2 is 2.00 bits per heavy atom. The van der Waals surface area contributed by atoms with E-state index in [-0.39, 0.29) is 16.5 Å². The molecule has 7 heteroatoms. The number of nitrogens with one attached hydrogen (secondary N) is 1. The summed E-state index contributed by atoms with van der Waals surface area (Å²) in [5, 5.41) is 8.52. The molecule has 0 saturated heterocycles. The van der Waals surface area contributed by atoms with Gasteiger partial charge in [0.2, 0.25) is 10.0 Å². The minimum atomic E-state index is -3.36. The molecule has 1 aliphatic carbocycles. The number of carboxylic acids is 1. The number of anilines is 1. The molecule has 1 fully saturated rings. The summed E-state index contributed by atoms with van der Waals surface area (Å²) in [7, 11) is -3.36. The number of benzene rings is 1. The summed E-state index contributed by atoms with van der Waals surface area (Å²) < 4.78 is 26.3. The number of carbonyl (C=O) groups is 1. The predicted octanol–water partition coefficient (Wildman–Crippen LogP) is 2.05. The van der Waals surface area contributed by atoms with E-state index >= 15 is 0 Å². The number of hydrogen-bond donors (Lipinski definition) is 2. The van der Waals surface area contributed by atoms with Crippen LogP contribution in [0.5, 0.6) is 0 Å². The van der Waals surface area contributed by atoms with E-state index in [1.165, 1.54) is 18.2 Å². The van der Waals surface area contributed by atoms with E-state index in [2.05, 4.69) is 20.7 Å². The Balaban J connectivity index is 2.29. The van der Waals surface area contributed by atoms with E-state index in [1.54, 1.807) is 0 Å². The predicted molar refractivity (Wildman–Crippen MR) is 66.7 cm³/mol. The monoisotopic (exact) mass is 319 g/mol. The van der Waals surface area contributed by atoms with Crippen LogP contribution >= 0.6 is 15.9 Å². The molecule has 92 valence electrons. The van der Waals surface area contributed by atoms with Gasteiger partial charge < -0.3 is 5.11 Å². The lowest BCUT2D eigenvalue weighted by Crippen LogP contribution is -2.17. The number of hydrogen-bond acceptors (Lipinski definition) is 3. The largest absolute Gasteiger partial charge is 0.478 e. The second kappa shape index (κ2) is 4.30. The Morgan fingerprint density at radius 3 is 2.53 bits per heavy atom. The Labute approximate surface area is 107 Å². The Bertz CT molecular complexity index is 566. The van der Waals surface area contributed by atoms with E-state index < -0.39 is 16.0 Å². The van der Waals surface area contributed by atoms with Gasteiger partial charge in [0.1, 0.15) is 0 Å². The molecule has 0 heterocycles. The van der Waals surface area contributed by atoms with Crippen molar-refractivity contribution in [2.75, 3.05) is 4.72 Å². The first-order valence-corrected chi connectivity index (χ1v) is 7.28. The molecule has 0 radical (unpaired) electrons. The summed E-state index contributed by atoms with van der Waals surface area (Å²) >= 11 is 3.14. The van der Waals surface area contributed by atoms with Crippen LogP contribution in [0.15, 0.2) is 22.7 Å². The lowest BCUT2D eigenvalue weighted by Gasteiger charge is -2.08. The third-order valence-electron chi connectivity index (χ3n) is 2.37. The lowest BCUT2D eigenvalue weighted by atomic mass is 10.2. The van der Waals surface area contributed by atoms with Crippen molar-refractivity contribution < 1.29 is 18.3 Å². The van der Waals surface area contributed by atoms with E-state index in [9.17, 15) is 13.2 Å². The molecule has 5 nitrogen and oxygen atoms in total. The molecular weight excluding hydrogens is 310 g/mol. The molecular formula is C10H10BrNO4S. The zero-order valence-corrected chi connectivity index (χ0v) is 11.1. The third kappa shape index (κ3) is 2.98. The zero-order valence-electron chi connectivity index (χ0n) is 8.68. The molecule has 0 spiro atoms. The summed E-state index contributed by atoms with van der Waals surface area (Å²) in [6, 6.07) is 4.25. The van der Waals surface area contributed by atoms with E-state index in [1.807, 2.05) is 0 Å². The summed E-state index contributed by atoms with van der Waals surface area (Å²) in [5.74, 6) is -1.10. The van der Waals surface area contributed by atoms with Crippen molar-refractivity contribution in [3.05, 3.63) is 28.2 Å². The fraction of sp³-hybridized carbons (Fsp3) is 0.300. The van der Waals surface area contributed by atoms with Gasteiger partial charge in [0, 0.05) is 4.47 Å². The topological polar surface area (TPSA) is 83.5 Å². The molecule has 1 aromatic carbocycles. The van der Waals surface area contributed by atoms with Crippen molar-refractivity contribution in [3.63, 3.8) is 0 Å². The van der Waals surface area contributed by atoms with Crippen LogP contribution in [0, 0.1) is 0 Å². The van der Waals surface area contributed by atoms with Crippen molar-refractivity contribution in [3.8, 4) is 0 Å². The van der Waals surface area contributed by atoms with Gasteiger partial charge in [0.05, 0.1) is 16.5 Å². The van der Waals surface area contributed by atoms with E-state index in [0.717, 1.165) is 0 Å². The highest BCUT2D eigenvalue weighted by atomic mass is 79.9. The van der Waals surface area contributed by atoms with Crippen LogP contribution in [-0.4, -0.2) is 24.7 Å². The van der Waals surface area contributed by atoms with Gasteiger partial charge in [-0.3, -0.25) is 4.72 Å². The van der Waals surface area contributed by atoms with Gasteiger partial charge in [-0.1, -0.05) is 15.9 Å². The summed E-state index contributed by atoms with van der Waals surface area (Å²) in [6.45, 7) is 0. The van der Waals surface area contributed by atoms with Crippen LogP contribution in [0.4, 0.5) is 5.69 Å². The minimum Gasteiger partial charge on any atom is -0.478 e. The first-order chi connectivity index (χ1) is 7.88. The van der Waals surface area contributed by atoms with E-state index in [0.29, 0.717) is 17.3 Å². The van der Waals surface area contributed by atoms with Crippen LogP contribution in [0.25, 0.3) is 0 Å². The highest BCUT2D eigenvalue weighted by Crippen LogP contribution is 2.30. The fourth-order valence-electron chi connectivity index (χ4n) is 1.40. The Hall–Kier alpha value is -1.08. The van der Waals surface area contributed by atoms with Gasteiger partial charge in [0.25, 0.3) is 0 Å². The maximum Gasteiger partial charge on any atom is 0.335 e. The van der Waals surface area contributed by atoms with Crippen LogP contribution in [-0.2, 0) is 10.0 Å². The molecule has 0 amide bonds. The van der Waals surface area contributed by atoms with Gasteiger partial charge in [0.15, 0.2) is 0 Å². The zero-order chi connectivity index (χ0) is 12.6. The third-order valence-corrected chi connectivity index (χ3v) is 4.70. The number of sulfonamides is 1. The number of rotatable bonds is 4. The lowest BCUT2D eigenvalue weighted by molar-refractivity contribution is 0.0697. The normalized spacial score (nSPS) is 15.6. The molecule has 17 heavy (non-hydrogen) atoms. The Kier molecular flexibility index (Phi) is 3.13. The average Bonchev–Trinajstić information content (AvgIpc) is 2.98. The highest BCUT2D eigenvalue weighted by molar-refractivity contribution is 9.10. The van der Waals surface area contributed by atoms with E-state index in [4.69, 9.17) is 5.11 Å². The SMILES string of the molecule is O=C(O)c1cc(Br)cc(NS(=O)(=O)C2CC2)c1. The average molecular weight is 320 g/mol. The summed E-state index contributed by atoms with van der Waals surface area (Å²) in [4.78, 5) is 10.8. The molecule has 2 N–H and O–H groups in total. The molecule has 1 aromatic rings. The smallest absolute Gasteiger partial charge is 0.335 e. The van der Waals surface area contributed by atoms with Gasteiger partial charge in [-0.05, 0) is 31.0 Å². The van der Waals surface area contributed by atoms with Crippen molar-refractivity contribution in [2.24, 2.45) is 0 Å². The van der Waals surface area contributed by atoms with Gasteiger partial charge >= 0.3 is 5.97 Å². The standard InChI is InChI=1S/C10H10BrNO4S/c11-7-3-6(10(13)14)4-8(5-7)12-17(15,16)9-1-2-9/h3-5,9,12H,1-2H2,(H,13,14). The molecule has 0 aromatic heterocycles. The molecule has 0 bridgehead atoms.